The van der Waals surface area contributed by atoms with E-state index >= 15 is 0 Å². The Kier molecular flexibility index (Phi) is 5.65. The topological polar surface area (TPSA) is 77.5 Å². The Hall–Kier alpha value is -3.48. The quantitative estimate of drug-likeness (QED) is 0.630. The van der Waals surface area contributed by atoms with Gasteiger partial charge in [-0.2, -0.15) is 0 Å². The molecular weight excluding hydrogens is 368 g/mol. The van der Waals surface area contributed by atoms with E-state index in [1.54, 1.807) is 7.11 Å². The van der Waals surface area contributed by atoms with Crippen LogP contribution < -0.4 is 24.8 Å². The van der Waals surface area contributed by atoms with Crippen LogP contribution in [0.4, 0.5) is 17.3 Å². The molecule has 0 saturated heterocycles. The highest BCUT2D eigenvalue weighted by Crippen LogP contribution is 2.33. The van der Waals surface area contributed by atoms with E-state index in [0.29, 0.717) is 24.9 Å². The molecule has 0 amide bonds. The molecule has 1 aromatic heterocycles. The molecule has 7 nitrogen and oxygen atoms in total. The highest BCUT2D eigenvalue weighted by atomic mass is 16.6. The second kappa shape index (κ2) is 8.68. The van der Waals surface area contributed by atoms with Gasteiger partial charge in [0, 0.05) is 24.4 Å². The standard InChI is InChI=1S/C22H24N4O3/c1-15-24-21(23-10-9-16-5-3-4-6-18(16)27-2)14-22(25-15)26-17-7-8-19-20(13-17)29-12-11-28-19/h3-8,13-14H,9-12H2,1-2H3,(H2,23,24,25,26). The predicted molar refractivity (Wildman–Crippen MR) is 113 cm³/mol. The normalized spacial score (nSPS) is 12.3. The van der Waals surface area contributed by atoms with Crippen molar-refractivity contribution in [1.29, 1.82) is 0 Å². The van der Waals surface area contributed by atoms with Crippen molar-refractivity contribution in [1.82, 2.24) is 9.97 Å². The molecule has 0 spiro atoms. The first kappa shape index (κ1) is 18.9. The fraction of sp³-hybridized carbons (Fsp3) is 0.273. The largest absolute Gasteiger partial charge is 0.496 e. The molecule has 7 heteroatoms. The fourth-order valence-electron chi connectivity index (χ4n) is 3.23. The fourth-order valence-corrected chi connectivity index (χ4v) is 3.23. The zero-order valence-electron chi connectivity index (χ0n) is 16.6. The summed E-state index contributed by atoms with van der Waals surface area (Å²) in [5.74, 6) is 4.57. The van der Waals surface area contributed by atoms with Crippen molar-refractivity contribution in [2.24, 2.45) is 0 Å². The number of anilines is 3. The van der Waals surface area contributed by atoms with Gasteiger partial charge in [-0.3, -0.25) is 0 Å². The van der Waals surface area contributed by atoms with E-state index in [2.05, 4.69) is 26.7 Å². The molecule has 0 fully saturated rings. The average molecular weight is 392 g/mol. The molecule has 3 aromatic rings. The Balaban J connectivity index is 1.42. The summed E-state index contributed by atoms with van der Waals surface area (Å²) in [4.78, 5) is 8.96. The number of hydrogen-bond acceptors (Lipinski definition) is 7. The molecule has 4 rings (SSSR count). The Labute approximate surface area is 170 Å². The Morgan fingerprint density at radius 3 is 2.62 bits per heavy atom. The molecule has 2 aromatic carbocycles. The van der Waals surface area contributed by atoms with Crippen LogP contribution in [0.3, 0.4) is 0 Å². The minimum absolute atomic E-state index is 0.559. The molecule has 2 N–H and O–H groups in total. The van der Waals surface area contributed by atoms with Crippen molar-refractivity contribution in [3.8, 4) is 17.2 Å². The van der Waals surface area contributed by atoms with Gasteiger partial charge in [-0.05, 0) is 37.1 Å². The van der Waals surface area contributed by atoms with E-state index in [1.807, 2.05) is 49.4 Å². The van der Waals surface area contributed by atoms with Crippen LogP contribution in [0.2, 0.25) is 0 Å². The number of methoxy groups -OCH3 is 1. The SMILES string of the molecule is COc1ccccc1CCNc1cc(Nc2ccc3c(c2)OCCO3)nc(C)n1. The first-order chi connectivity index (χ1) is 14.2. The third kappa shape index (κ3) is 4.68. The van der Waals surface area contributed by atoms with Gasteiger partial charge in [0.25, 0.3) is 0 Å². The molecule has 0 saturated carbocycles. The van der Waals surface area contributed by atoms with Gasteiger partial charge in [-0.25, -0.2) is 9.97 Å². The summed E-state index contributed by atoms with van der Waals surface area (Å²) in [6, 6.07) is 15.7. The summed E-state index contributed by atoms with van der Waals surface area (Å²) in [6.07, 6.45) is 0.831. The smallest absolute Gasteiger partial charge is 0.163 e. The summed E-state index contributed by atoms with van der Waals surface area (Å²) in [5, 5.41) is 6.68. The summed E-state index contributed by atoms with van der Waals surface area (Å²) in [6.45, 7) is 3.75. The van der Waals surface area contributed by atoms with Crippen LogP contribution in [0, 0.1) is 6.92 Å². The van der Waals surface area contributed by atoms with Gasteiger partial charge in [0.15, 0.2) is 11.5 Å². The van der Waals surface area contributed by atoms with Crippen LogP contribution in [0.15, 0.2) is 48.5 Å². The lowest BCUT2D eigenvalue weighted by molar-refractivity contribution is 0.171. The second-order valence-corrected chi connectivity index (χ2v) is 6.66. The molecule has 1 aliphatic rings. The number of nitrogens with one attached hydrogen (secondary N) is 2. The highest BCUT2D eigenvalue weighted by Gasteiger charge is 2.12. The summed E-state index contributed by atoms with van der Waals surface area (Å²) < 4.78 is 16.6. The van der Waals surface area contributed by atoms with Crippen LogP contribution in [0.25, 0.3) is 0 Å². The Morgan fingerprint density at radius 2 is 1.76 bits per heavy atom. The number of hydrogen-bond donors (Lipinski definition) is 2. The van der Waals surface area contributed by atoms with Crippen LogP contribution >= 0.6 is 0 Å². The monoisotopic (exact) mass is 392 g/mol. The highest BCUT2D eigenvalue weighted by molar-refractivity contribution is 5.63. The number of aryl methyl sites for hydroxylation is 1. The molecule has 0 radical (unpaired) electrons. The molecule has 0 unspecified atom stereocenters. The second-order valence-electron chi connectivity index (χ2n) is 6.66. The number of ether oxygens (including phenoxy) is 3. The van der Waals surface area contributed by atoms with E-state index in [-0.39, 0.29) is 0 Å². The number of rotatable bonds is 7. The minimum atomic E-state index is 0.559. The van der Waals surface area contributed by atoms with Gasteiger partial charge in [-0.1, -0.05) is 18.2 Å². The van der Waals surface area contributed by atoms with E-state index in [9.17, 15) is 0 Å². The lowest BCUT2D eigenvalue weighted by Gasteiger charge is -2.19. The van der Waals surface area contributed by atoms with Crippen LogP contribution in [-0.2, 0) is 6.42 Å². The minimum Gasteiger partial charge on any atom is -0.496 e. The van der Waals surface area contributed by atoms with Gasteiger partial charge in [-0.15, -0.1) is 0 Å². The van der Waals surface area contributed by atoms with Gasteiger partial charge in [0.1, 0.15) is 36.4 Å². The molecule has 0 bridgehead atoms. The van der Waals surface area contributed by atoms with Crippen molar-refractivity contribution in [3.05, 3.63) is 59.9 Å². The first-order valence-corrected chi connectivity index (χ1v) is 9.59. The van der Waals surface area contributed by atoms with Crippen LogP contribution in [-0.4, -0.2) is 36.8 Å². The number of fused-ring (bicyclic) bond motifs is 1. The lowest BCUT2D eigenvalue weighted by Crippen LogP contribution is -2.15. The van der Waals surface area contributed by atoms with E-state index in [4.69, 9.17) is 14.2 Å². The van der Waals surface area contributed by atoms with Gasteiger partial charge < -0.3 is 24.8 Å². The number of nitrogens with zero attached hydrogens (tertiary/aromatic N) is 2. The average Bonchev–Trinajstić information content (AvgIpc) is 2.73. The zero-order valence-corrected chi connectivity index (χ0v) is 16.6. The third-order valence-electron chi connectivity index (χ3n) is 4.55. The maximum Gasteiger partial charge on any atom is 0.163 e. The van der Waals surface area contributed by atoms with Crippen LogP contribution in [0.5, 0.6) is 17.2 Å². The van der Waals surface area contributed by atoms with Crippen LogP contribution in [0.1, 0.15) is 11.4 Å². The zero-order chi connectivity index (χ0) is 20.1. The first-order valence-electron chi connectivity index (χ1n) is 9.59. The Bertz CT molecular complexity index is 994. The number of para-hydroxylation sites is 1. The molecular formula is C22H24N4O3. The molecule has 29 heavy (non-hydrogen) atoms. The van der Waals surface area contributed by atoms with E-state index in [1.165, 1.54) is 0 Å². The molecule has 0 aliphatic carbocycles. The van der Waals surface area contributed by atoms with E-state index in [0.717, 1.165) is 47.3 Å². The third-order valence-corrected chi connectivity index (χ3v) is 4.55. The molecule has 1 aliphatic heterocycles. The maximum atomic E-state index is 5.64. The molecule has 2 heterocycles. The van der Waals surface area contributed by atoms with E-state index < -0.39 is 0 Å². The van der Waals surface area contributed by atoms with Crippen molar-refractivity contribution in [2.75, 3.05) is 37.5 Å². The van der Waals surface area contributed by atoms with Crippen molar-refractivity contribution >= 4 is 17.3 Å². The lowest BCUT2D eigenvalue weighted by atomic mass is 10.1. The van der Waals surface area contributed by atoms with Crippen molar-refractivity contribution in [2.45, 2.75) is 13.3 Å². The number of benzene rings is 2. The summed E-state index contributed by atoms with van der Waals surface area (Å²) in [7, 11) is 1.69. The number of aromatic nitrogens is 2. The van der Waals surface area contributed by atoms with Gasteiger partial charge >= 0.3 is 0 Å². The summed E-state index contributed by atoms with van der Waals surface area (Å²) >= 11 is 0. The summed E-state index contributed by atoms with van der Waals surface area (Å²) in [5.41, 5.74) is 2.04. The van der Waals surface area contributed by atoms with Gasteiger partial charge in [0.2, 0.25) is 0 Å². The van der Waals surface area contributed by atoms with Crippen molar-refractivity contribution in [3.63, 3.8) is 0 Å². The van der Waals surface area contributed by atoms with Crippen molar-refractivity contribution < 1.29 is 14.2 Å². The maximum absolute atomic E-state index is 5.64. The Morgan fingerprint density at radius 1 is 0.966 bits per heavy atom. The molecule has 0 atom stereocenters. The molecule has 150 valence electrons. The predicted octanol–water partition coefficient (Wildman–Crippen LogP) is 3.96. The van der Waals surface area contributed by atoms with Gasteiger partial charge in [0.05, 0.1) is 7.11 Å².